The Hall–Kier alpha value is -1.04. The summed E-state index contributed by atoms with van der Waals surface area (Å²) >= 11 is 0. The molecule has 1 aromatic rings. The van der Waals surface area contributed by atoms with Crippen molar-refractivity contribution in [2.45, 2.75) is 53.4 Å². The van der Waals surface area contributed by atoms with Crippen molar-refractivity contribution in [3.63, 3.8) is 0 Å². The molecule has 0 fully saturated rings. The summed E-state index contributed by atoms with van der Waals surface area (Å²) in [6.45, 7) is 8.72. The van der Waals surface area contributed by atoms with Gasteiger partial charge in [-0.25, -0.2) is 5.43 Å². The summed E-state index contributed by atoms with van der Waals surface area (Å²) in [6, 6.07) is 6.70. The maximum Gasteiger partial charge on any atom is 4.00 e. The van der Waals surface area contributed by atoms with Crippen molar-refractivity contribution in [1.29, 1.82) is 0 Å². The fraction of sp³-hybridized carbons (Fsp3) is 0.500. The number of unbranched alkanes of at least 4 members (excludes halogenated alkanes) is 2. The summed E-state index contributed by atoms with van der Waals surface area (Å²) in [4.78, 5) is 9.79. The number of para-hydroxylation sites is 1. The zero-order valence-corrected chi connectivity index (χ0v) is 16.4. The number of aromatic hydroxyl groups is 1. The molecular formula is C16H28N2O2Sn+4. The van der Waals surface area contributed by atoms with Crippen LogP contribution in [0.25, 0.3) is 0 Å². The molecule has 114 valence electrons. The molecule has 1 amide bonds. The summed E-state index contributed by atoms with van der Waals surface area (Å²) < 4.78 is 0. The third-order valence-electron chi connectivity index (χ3n) is 2.27. The Bertz CT molecular complexity index is 350. The van der Waals surface area contributed by atoms with E-state index >= 15 is 0 Å². The van der Waals surface area contributed by atoms with E-state index in [4.69, 9.17) is 0 Å². The summed E-state index contributed by atoms with van der Waals surface area (Å²) in [5.74, 6) is 0.133. The van der Waals surface area contributed by atoms with Gasteiger partial charge in [0.25, 0.3) is 0 Å². The number of hydrazone groups is 1. The summed E-state index contributed by atoms with van der Waals surface area (Å²) in [6.07, 6.45) is 7.10. The largest absolute Gasteiger partial charge is 4.00 e. The molecule has 4 nitrogen and oxygen atoms in total. The first-order valence-corrected chi connectivity index (χ1v) is 7.17. The van der Waals surface area contributed by atoms with Crippen molar-refractivity contribution >= 4 is 36.5 Å². The smallest absolute Gasteiger partial charge is 0.507 e. The van der Waals surface area contributed by atoms with E-state index in [1.54, 1.807) is 24.3 Å². The number of rotatable bonds is 5. The molecular weight excluding hydrogens is 371 g/mol. The number of hydrogen-bond acceptors (Lipinski definition) is 3. The average Bonchev–Trinajstić information content (AvgIpc) is 2.50. The fourth-order valence-electron chi connectivity index (χ4n) is 0.734. The van der Waals surface area contributed by atoms with Crippen molar-refractivity contribution in [2.24, 2.45) is 5.10 Å². The van der Waals surface area contributed by atoms with Crippen LogP contribution in [-0.4, -0.2) is 41.6 Å². The second-order valence-electron chi connectivity index (χ2n) is 4.06. The van der Waals surface area contributed by atoms with Crippen molar-refractivity contribution < 1.29 is 9.90 Å². The topological polar surface area (TPSA) is 61.7 Å². The molecule has 0 spiro atoms. The number of carbonyl (C=O) groups excluding carboxylic acids is 1. The van der Waals surface area contributed by atoms with Crippen LogP contribution < -0.4 is 5.43 Å². The number of nitrogens with zero attached hydrogens (tertiary/aromatic N) is 1. The van der Waals surface area contributed by atoms with Gasteiger partial charge in [0.2, 0.25) is 6.41 Å². The van der Waals surface area contributed by atoms with Crippen molar-refractivity contribution in [3.8, 4) is 5.75 Å². The maximum atomic E-state index is 9.79. The van der Waals surface area contributed by atoms with Crippen molar-refractivity contribution in [2.75, 3.05) is 0 Å². The number of phenols is 1. The Morgan fingerprint density at radius 1 is 1.05 bits per heavy atom. The van der Waals surface area contributed by atoms with Crippen LogP contribution in [0, 0.1) is 0 Å². The molecule has 0 saturated carbocycles. The van der Waals surface area contributed by atoms with E-state index < -0.39 is 0 Å². The Morgan fingerprint density at radius 3 is 1.90 bits per heavy atom. The average molecular weight is 399 g/mol. The van der Waals surface area contributed by atoms with Crippen LogP contribution in [0.15, 0.2) is 29.4 Å². The van der Waals surface area contributed by atoms with E-state index in [0.29, 0.717) is 12.0 Å². The molecule has 0 aliphatic carbocycles. The predicted molar refractivity (Wildman–Crippen MR) is 91.8 cm³/mol. The Balaban J connectivity index is -0.000000304. The van der Waals surface area contributed by atoms with Gasteiger partial charge in [-0.2, -0.15) is 5.10 Å². The minimum Gasteiger partial charge on any atom is -0.507 e. The molecule has 0 radical (unpaired) electrons. The Morgan fingerprint density at radius 2 is 1.52 bits per heavy atom. The van der Waals surface area contributed by atoms with Crippen molar-refractivity contribution in [1.82, 2.24) is 5.43 Å². The quantitative estimate of drug-likeness (QED) is 0.343. The van der Waals surface area contributed by atoms with Crippen LogP contribution in [0.3, 0.4) is 0 Å². The second kappa shape index (κ2) is 21.3. The van der Waals surface area contributed by atoms with E-state index in [1.807, 2.05) is 0 Å². The zero-order valence-electron chi connectivity index (χ0n) is 13.6. The van der Waals surface area contributed by atoms with E-state index in [9.17, 15) is 9.90 Å². The second-order valence-corrected chi connectivity index (χ2v) is 4.06. The summed E-state index contributed by atoms with van der Waals surface area (Å²) in [5, 5.41) is 12.7. The predicted octanol–water partition coefficient (Wildman–Crippen LogP) is 3.70. The van der Waals surface area contributed by atoms with Crippen molar-refractivity contribution in [3.05, 3.63) is 29.8 Å². The van der Waals surface area contributed by atoms with E-state index in [0.717, 1.165) is 0 Å². The molecule has 1 rings (SSSR count). The van der Waals surface area contributed by atoms with Gasteiger partial charge in [0.15, 0.2) is 0 Å². The van der Waals surface area contributed by atoms with Gasteiger partial charge in [0, 0.05) is 5.56 Å². The normalized spacial score (nSPS) is 8.57. The summed E-state index contributed by atoms with van der Waals surface area (Å²) in [7, 11) is 0. The molecule has 2 N–H and O–H groups in total. The van der Waals surface area contributed by atoms with Gasteiger partial charge < -0.3 is 5.11 Å². The molecule has 0 atom stereocenters. The SMILES string of the molecule is CCCC.CCCC.O=CN/N=C/c1ccccc1O.[Sn+4]. The van der Waals surface area contributed by atoms with E-state index in [1.165, 1.54) is 31.9 Å². The van der Waals surface area contributed by atoms with Crippen LogP contribution in [0.1, 0.15) is 58.9 Å². The third kappa shape index (κ3) is 19.0. The number of hydrogen-bond donors (Lipinski definition) is 2. The van der Waals surface area contributed by atoms with Gasteiger partial charge >= 0.3 is 23.9 Å². The Kier molecular flexibility index (Phi) is 25.3. The number of carbonyl (C=O) groups is 1. The zero-order chi connectivity index (χ0) is 15.6. The van der Waals surface area contributed by atoms with Crippen LogP contribution in [-0.2, 0) is 4.79 Å². The first kappa shape index (κ1) is 24.9. The number of nitrogens with one attached hydrogen (secondary N) is 1. The molecule has 0 unspecified atom stereocenters. The van der Waals surface area contributed by atoms with Gasteiger partial charge in [-0.15, -0.1) is 0 Å². The van der Waals surface area contributed by atoms with Gasteiger partial charge in [-0.05, 0) is 12.1 Å². The standard InChI is InChI=1S/C8H8N2O2.2C4H10.Sn/c11-6-10-9-5-7-3-1-2-4-8(7)12;2*1-3-4-2;/h1-6,12H,(H,10,11);2*3-4H2,1-2H3;/q;;;+4/b9-5+;;;. The minimum absolute atomic E-state index is 0. The van der Waals surface area contributed by atoms with Gasteiger partial charge in [0.05, 0.1) is 6.21 Å². The molecule has 0 aliphatic rings. The fourth-order valence-corrected chi connectivity index (χ4v) is 0.734. The molecule has 0 aliphatic heterocycles. The van der Waals surface area contributed by atoms with Crippen LogP contribution in [0.5, 0.6) is 5.75 Å². The number of amides is 1. The first-order chi connectivity index (χ1) is 9.67. The minimum atomic E-state index is 0. The molecule has 5 heteroatoms. The van der Waals surface area contributed by atoms with Crippen LogP contribution in [0.4, 0.5) is 0 Å². The summed E-state index contributed by atoms with van der Waals surface area (Å²) in [5.41, 5.74) is 2.66. The van der Waals surface area contributed by atoms with E-state index in [-0.39, 0.29) is 29.7 Å². The molecule has 1 aromatic carbocycles. The monoisotopic (exact) mass is 400 g/mol. The first-order valence-electron chi connectivity index (χ1n) is 7.17. The third-order valence-corrected chi connectivity index (χ3v) is 2.27. The van der Waals surface area contributed by atoms with Gasteiger partial charge in [-0.1, -0.05) is 65.5 Å². The molecule has 21 heavy (non-hydrogen) atoms. The molecule has 0 aromatic heterocycles. The van der Waals surface area contributed by atoms with Gasteiger partial charge in [-0.3, -0.25) is 4.79 Å². The number of benzene rings is 1. The number of phenolic OH excluding ortho intramolecular Hbond substituents is 1. The molecule has 0 heterocycles. The van der Waals surface area contributed by atoms with Gasteiger partial charge in [0.1, 0.15) is 5.75 Å². The van der Waals surface area contributed by atoms with E-state index in [2.05, 4.69) is 38.2 Å². The van der Waals surface area contributed by atoms with Crippen LogP contribution in [0.2, 0.25) is 0 Å². The molecule has 0 saturated heterocycles. The van der Waals surface area contributed by atoms with Crippen LogP contribution >= 0.6 is 0 Å². The molecule has 0 bridgehead atoms. The Labute approximate surface area is 146 Å². The maximum absolute atomic E-state index is 9.79.